The van der Waals surface area contributed by atoms with Crippen molar-refractivity contribution >= 4 is 16.5 Å². The molecule has 0 fully saturated rings. The first-order chi connectivity index (χ1) is 6.84. The molecular formula is C7H9N5OS. The van der Waals surface area contributed by atoms with E-state index < -0.39 is 0 Å². The van der Waals surface area contributed by atoms with Crippen molar-refractivity contribution in [2.45, 2.75) is 13.3 Å². The summed E-state index contributed by atoms with van der Waals surface area (Å²) in [6, 6.07) is 0. The number of hydrogen-bond donors (Lipinski definition) is 1. The van der Waals surface area contributed by atoms with Crippen LogP contribution in [-0.2, 0) is 6.42 Å². The smallest absolute Gasteiger partial charge is 0.228 e. The number of anilines is 1. The van der Waals surface area contributed by atoms with E-state index in [1.165, 1.54) is 17.7 Å². The lowest BCUT2D eigenvalue weighted by Crippen LogP contribution is -2.04. The van der Waals surface area contributed by atoms with E-state index in [1.54, 1.807) is 0 Å². The number of nitrogens with zero attached hydrogens (tertiary/aromatic N) is 4. The molecule has 2 rings (SSSR count). The zero-order valence-electron chi connectivity index (χ0n) is 7.60. The fourth-order valence-corrected chi connectivity index (χ4v) is 1.57. The van der Waals surface area contributed by atoms with E-state index in [0.717, 1.165) is 16.7 Å². The van der Waals surface area contributed by atoms with Gasteiger partial charge in [0, 0.05) is 13.0 Å². The molecule has 0 saturated carbocycles. The third-order valence-electron chi connectivity index (χ3n) is 1.55. The summed E-state index contributed by atoms with van der Waals surface area (Å²) in [5.41, 5.74) is 0. The minimum atomic E-state index is 0.624. The van der Waals surface area contributed by atoms with Gasteiger partial charge in [-0.2, -0.15) is 4.98 Å². The Morgan fingerprint density at radius 1 is 1.50 bits per heavy atom. The van der Waals surface area contributed by atoms with Gasteiger partial charge in [0.25, 0.3) is 0 Å². The van der Waals surface area contributed by atoms with Gasteiger partial charge in [0.15, 0.2) is 6.33 Å². The van der Waals surface area contributed by atoms with Crippen molar-refractivity contribution in [1.29, 1.82) is 0 Å². The topological polar surface area (TPSA) is 76.7 Å². The Balaban J connectivity index is 1.78. The van der Waals surface area contributed by atoms with E-state index in [1.807, 2.05) is 6.92 Å². The highest BCUT2D eigenvalue weighted by molar-refractivity contribution is 7.15. The highest BCUT2D eigenvalue weighted by Gasteiger charge is 2.01. The van der Waals surface area contributed by atoms with Crippen molar-refractivity contribution < 1.29 is 4.52 Å². The summed E-state index contributed by atoms with van der Waals surface area (Å²) in [6.07, 6.45) is 2.09. The van der Waals surface area contributed by atoms with E-state index in [2.05, 4.69) is 25.7 Å². The quantitative estimate of drug-likeness (QED) is 0.809. The summed E-state index contributed by atoms with van der Waals surface area (Å²) in [7, 11) is 0. The standard InChI is InChI=1S/C7H9N5OS/c1-5-11-12-7(14-5)8-3-2-6-9-4-10-13-6/h4H,2-3H2,1H3,(H,8,12). The molecule has 0 aliphatic heterocycles. The van der Waals surface area contributed by atoms with E-state index in [4.69, 9.17) is 4.52 Å². The van der Waals surface area contributed by atoms with E-state index >= 15 is 0 Å². The first-order valence-corrected chi connectivity index (χ1v) is 4.96. The largest absolute Gasteiger partial charge is 0.360 e. The van der Waals surface area contributed by atoms with Crippen LogP contribution < -0.4 is 5.32 Å². The zero-order valence-corrected chi connectivity index (χ0v) is 8.41. The average Bonchev–Trinajstić information content (AvgIpc) is 2.77. The molecule has 0 atom stereocenters. The van der Waals surface area contributed by atoms with Crippen LogP contribution in [0.5, 0.6) is 0 Å². The Morgan fingerprint density at radius 2 is 2.43 bits per heavy atom. The summed E-state index contributed by atoms with van der Waals surface area (Å²) in [5.74, 6) is 0.624. The fraction of sp³-hybridized carbons (Fsp3) is 0.429. The van der Waals surface area contributed by atoms with Crippen LogP contribution in [0.4, 0.5) is 5.13 Å². The van der Waals surface area contributed by atoms with Gasteiger partial charge in [0.1, 0.15) is 5.01 Å². The number of aryl methyl sites for hydroxylation is 1. The lowest BCUT2D eigenvalue weighted by molar-refractivity contribution is 0.380. The van der Waals surface area contributed by atoms with Crippen molar-refractivity contribution in [2.24, 2.45) is 0 Å². The Morgan fingerprint density at radius 3 is 3.07 bits per heavy atom. The number of hydrogen-bond acceptors (Lipinski definition) is 7. The molecule has 0 radical (unpaired) electrons. The number of rotatable bonds is 4. The van der Waals surface area contributed by atoms with Crippen LogP contribution in [0.2, 0.25) is 0 Å². The molecule has 14 heavy (non-hydrogen) atoms. The molecule has 0 bridgehead atoms. The van der Waals surface area contributed by atoms with Crippen LogP contribution in [0.15, 0.2) is 10.9 Å². The molecule has 2 aromatic rings. The third-order valence-corrected chi connectivity index (χ3v) is 2.34. The fourth-order valence-electron chi connectivity index (χ4n) is 0.951. The highest BCUT2D eigenvalue weighted by atomic mass is 32.1. The minimum Gasteiger partial charge on any atom is -0.360 e. The second-order valence-electron chi connectivity index (χ2n) is 2.64. The summed E-state index contributed by atoms with van der Waals surface area (Å²) in [5, 5.41) is 16.2. The van der Waals surface area contributed by atoms with Crippen molar-refractivity contribution in [2.75, 3.05) is 11.9 Å². The Bertz CT molecular complexity index is 384. The van der Waals surface area contributed by atoms with E-state index in [-0.39, 0.29) is 0 Å². The van der Waals surface area contributed by atoms with Gasteiger partial charge in [0.2, 0.25) is 11.0 Å². The maximum atomic E-state index is 4.84. The van der Waals surface area contributed by atoms with Gasteiger partial charge in [-0.15, -0.1) is 10.2 Å². The summed E-state index contributed by atoms with van der Waals surface area (Å²) in [4.78, 5) is 3.90. The van der Waals surface area contributed by atoms with Crippen LogP contribution >= 0.6 is 11.3 Å². The molecule has 7 heteroatoms. The normalized spacial score (nSPS) is 10.4. The SMILES string of the molecule is Cc1nnc(NCCc2ncno2)s1. The van der Waals surface area contributed by atoms with Crippen molar-refractivity contribution in [3.05, 3.63) is 17.2 Å². The Kier molecular flexibility index (Phi) is 2.68. The lowest BCUT2D eigenvalue weighted by atomic mass is 10.4. The monoisotopic (exact) mass is 211 g/mol. The lowest BCUT2D eigenvalue weighted by Gasteiger charge is -1.96. The summed E-state index contributed by atoms with van der Waals surface area (Å²) >= 11 is 1.52. The molecule has 0 amide bonds. The Hall–Kier alpha value is -1.50. The van der Waals surface area contributed by atoms with Crippen LogP contribution in [0, 0.1) is 6.92 Å². The van der Waals surface area contributed by atoms with E-state index in [9.17, 15) is 0 Å². The molecule has 0 spiro atoms. The number of aromatic nitrogens is 4. The van der Waals surface area contributed by atoms with Crippen LogP contribution in [-0.4, -0.2) is 26.9 Å². The Labute approximate surface area is 84.4 Å². The molecule has 0 aliphatic carbocycles. The molecule has 74 valence electrons. The van der Waals surface area contributed by atoms with E-state index in [0.29, 0.717) is 12.3 Å². The second-order valence-corrected chi connectivity index (χ2v) is 3.82. The molecule has 0 aliphatic rings. The minimum absolute atomic E-state index is 0.624. The first-order valence-electron chi connectivity index (χ1n) is 4.14. The third kappa shape index (κ3) is 2.25. The van der Waals surface area contributed by atoms with Crippen molar-refractivity contribution in [1.82, 2.24) is 20.3 Å². The molecule has 0 aromatic carbocycles. The van der Waals surface area contributed by atoms with Gasteiger partial charge in [-0.25, -0.2) is 0 Å². The van der Waals surface area contributed by atoms with Gasteiger partial charge in [-0.1, -0.05) is 16.5 Å². The molecular weight excluding hydrogens is 202 g/mol. The molecule has 2 heterocycles. The van der Waals surface area contributed by atoms with Gasteiger partial charge < -0.3 is 9.84 Å². The van der Waals surface area contributed by atoms with Gasteiger partial charge in [-0.05, 0) is 6.92 Å². The molecule has 0 saturated heterocycles. The highest BCUT2D eigenvalue weighted by Crippen LogP contribution is 2.13. The maximum Gasteiger partial charge on any atom is 0.228 e. The van der Waals surface area contributed by atoms with Crippen molar-refractivity contribution in [3.63, 3.8) is 0 Å². The summed E-state index contributed by atoms with van der Waals surface area (Å²) in [6.45, 7) is 2.64. The maximum absolute atomic E-state index is 4.84. The predicted molar refractivity (Wildman–Crippen MR) is 51.1 cm³/mol. The van der Waals surface area contributed by atoms with Gasteiger partial charge in [0.05, 0.1) is 0 Å². The van der Waals surface area contributed by atoms with Crippen LogP contribution in [0.25, 0.3) is 0 Å². The number of nitrogens with one attached hydrogen (secondary N) is 1. The van der Waals surface area contributed by atoms with Crippen molar-refractivity contribution in [3.8, 4) is 0 Å². The zero-order chi connectivity index (χ0) is 9.80. The van der Waals surface area contributed by atoms with Gasteiger partial charge >= 0.3 is 0 Å². The predicted octanol–water partition coefficient (Wildman–Crippen LogP) is 0.884. The molecule has 6 nitrogen and oxygen atoms in total. The first kappa shape index (κ1) is 9.07. The molecule has 2 aromatic heterocycles. The van der Waals surface area contributed by atoms with Gasteiger partial charge in [-0.3, -0.25) is 0 Å². The second kappa shape index (κ2) is 4.14. The van der Waals surface area contributed by atoms with Crippen LogP contribution in [0.1, 0.15) is 10.9 Å². The molecule has 1 N–H and O–H groups in total. The average molecular weight is 211 g/mol. The van der Waals surface area contributed by atoms with Crippen LogP contribution in [0.3, 0.4) is 0 Å². The molecule has 0 unspecified atom stereocenters. The summed E-state index contributed by atoms with van der Waals surface area (Å²) < 4.78 is 4.84.